The number of carbonyl (C=O) groups excluding carboxylic acids is 2. The fraction of sp³-hybridized carbons (Fsp3) is 0.263. The predicted molar refractivity (Wildman–Crippen MR) is 99.9 cm³/mol. The zero-order valence-corrected chi connectivity index (χ0v) is 15.6. The zero-order chi connectivity index (χ0) is 19.4. The second kappa shape index (κ2) is 7.79. The van der Waals surface area contributed by atoms with Crippen LogP contribution < -0.4 is 9.62 Å². The molecule has 1 amide bonds. The van der Waals surface area contributed by atoms with Crippen LogP contribution in [0.2, 0.25) is 0 Å². The predicted octanol–water partition coefficient (Wildman–Crippen LogP) is 1.95. The summed E-state index contributed by atoms with van der Waals surface area (Å²) in [4.78, 5) is 23.6. The number of anilines is 1. The van der Waals surface area contributed by atoms with Crippen LogP contribution in [-0.2, 0) is 19.6 Å². The third-order valence-electron chi connectivity index (χ3n) is 4.15. The minimum Gasteiger partial charge on any atom is -0.452 e. The average molecular weight is 388 g/mol. The molecule has 142 valence electrons. The number of carbonyl (C=O) groups is 2. The van der Waals surface area contributed by atoms with Crippen molar-refractivity contribution < 1.29 is 22.7 Å². The van der Waals surface area contributed by atoms with Crippen molar-refractivity contribution in [3.8, 4) is 0 Å². The molecule has 1 aliphatic carbocycles. The third kappa shape index (κ3) is 4.65. The number of amides is 1. The molecule has 2 aromatic rings. The highest BCUT2D eigenvalue weighted by Crippen LogP contribution is 2.22. The first-order chi connectivity index (χ1) is 12.9. The average Bonchev–Trinajstić information content (AvgIpc) is 3.50. The molecule has 8 heteroatoms. The van der Waals surface area contributed by atoms with Crippen molar-refractivity contribution in [2.45, 2.75) is 23.8 Å². The van der Waals surface area contributed by atoms with E-state index in [0.29, 0.717) is 5.69 Å². The van der Waals surface area contributed by atoms with Gasteiger partial charge in [-0.25, -0.2) is 13.2 Å². The summed E-state index contributed by atoms with van der Waals surface area (Å²) in [5.41, 5.74) is 0.707. The van der Waals surface area contributed by atoms with E-state index in [4.69, 9.17) is 4.74 Å². The minimum absolute atomic E-state index is 0.0527. The first kappa shape index (κ1) is 18.9. The maximum absolute atomic E-state index is 12.7. The van der Waals surface area contributed by atoms with Gasteiger partial charge in [0.15, 0.2) is 6.61 Å². The van der Waals surface area contributed by atoms with Crippen LogP contribution in [0.4, 0.5) is 5.69 Å². The molecule has 0 atom stereocenters. The Labute approximate surface area is 158 Å². The van der Waals surface area contributed by atoms with Crippen LogP contribution in [0.5, 0.6) is 0 Å². The van der Waals surface area contributed by atoms with Gasteiger partial charge in [0, 0.05) is 13.1 Å². The molecule has 0 unspecified atom stereocenters. The van der Waals surface area contributed by atoms with E-state index in [-0.39, 0.29) is 29.0 Å². The van der Waals surface area contributed by atoms with E-state index in [1.54, 1.807) is 30.3 Å². The molecule has 7 nitrogen and oxygen atoms in total. The van der Waals surface area contributed by atoms with Crippen LogP contribution in [0.3, 0.4) is 0 Å². The van der Waals surface area contributed by atoms with E-state index in [0.717, 1.165) is 12.8 Å². The van der Waals surface area contributed by atoms with E-state index in [1.165, 1.54) is 35.6 Å². The van der Waals surface area contributed by atoms with E-state index in [1.807, 2.05) is 0 Å². The summed E-state index contributed by atoms with van der Waals surface area (Å²) in [6.07, 6.45) is 1.90. The fourth-order valence-corrected chi connectivity index (χ4v) is 3.60. The molecule has 0 heterocycles. The van der Waals surface area contributed by atoms with Crippen LogP contribution >= 0.6 is 0 Å². The normalized spacial score (nSPS) is 13.7. The lowest BCUT2D eigenvalue weighted by Gasteiger charge is -2.19. The van der Waals surface area contributed by atoms with Gasteiger partial charge in [-0.05, 0) is 49.2 Å². The number of nitrogens with zero attached hydrogens (tertiary/aromatic N) is 1. The summed E-state index contributed by atoms with van der Waals surface area (Å²) in [6.45, 7) is -0.355. The minimum atomic E-state index is -3.75. The molecule has 0 bridgehead atoms. The highest BCUT2D eigenvalue weighted by Gasteiger charge is 2.24. The maximum Gasteiger partial charge on any atom is 0.338 e. The van der Waals surface area contributed by atoms with Gasteiger partial charge in [-0.2, -0.15) is 0 Å². The molecule has 0 saturated heterocycles. The van der Waals surface area contributed by atoms with Crippen LogP contribution in [0.15, 0.2) is 59.5 Å². The van der Waals surface area contributed by atoms with Gasteiger partial charge in [-0.15, -0.1) is 0 Å². The summed E-state index contributed by atoms with van der Waals surface area (Å²) in [6, 6.07) is 14.3. The third-order valence-corrected chi connectivity index (χ3v) is 5.94. The Hall–Kier alpha value is -2.87. The first-order valence-corrected chi connectivity index (χ1v) is 9.92. The Balaban J connectivity index is 1.65. The number of hydrogen-bond acceptors (Lipinski definition) is 5. The van der Waals surface area contributed by atoms with Gasteiger partial charge >= 0.3 is 5.97 Å². The van der Waals surface area contributed by atoms with Gasteiger partial charge in [0.05, 0.1) is 16.1 Å². The van der Waals surface area contributed by atoms with Crippen molar-refractivity contribution in [3.05, 3.63) is 60.2 Å². The number of benzene rings is 2. The number of nitrogens with one attached hydrogen (secondary N) is 1. The van der Waals surface area contributed by atoms with Crippen molar-refractivity contribution in [1.29, 1.82) is 0 Å². The lowest BCUT2D eigenvalue weighted by Crippen LogP contribution is -2.30. The molecule has 1 aliphatic rings. The van der Waals surface area contributed by atoms with Crippen molar-refractivity contribution in [2.75, 3.05) is 18.0 Å². The van der Waals surface area contributed by atoms with Gasteiger partial charge in [0.2, 0.25) is 0 Å². The SMILES string of the molecule is CN(c1ccccc1)S(=O)(=O)c1ccc(C(=O)OCC(=O)NC2CC2)cc1. The van der Waals surface area contributed by atoms with Gasteiger partial charge in [0.1, 0.15) is 0 Å². The van der Waals surface area contributed by atoms with Gasteiger partial charge in [0.25, 0.3) is 15.9 Å². The highest BCUT2D eigenvalue weighted by atomic mass is 32.2. The number of esters is 1. The van der Waals surface area contributed by atoms with Gasteiger partial charge in [-0.3, -0.25) is 9.10 Å². The van der Waals surface area contributed by atoms with E-state index in [9.17, 15) is 18.0 Å². The second-order valence-electron chi connectivity index (χ2n) is 6.25. The molecular formula is C19H20N2O5S. The summed E-state index contributed by atoms with van der Waals surface area (Å²) in [7, 11) is -2.29. The molecular weight excluding hydrogens is 368 g/mol. The molecule has 3 rings (SSSR count). The Kier molecular flexibility index (Phi) is 5.46. The van der Waals surface area contributed by atoms with E-state index in [2.05, 4.69) is 5.32 Å². The Morgan fingerprint density at radius 2 is 1.70 bits per heavy atom. The molecule has 1 N–H and O–H groups in total. The van der Waals surface area contributed by atoms with E-state index >= 15 is 0 Å². The highest BCUT2D eigenvalue weighted by molar-refractivity contribution is 7.92. The Morgan fingerprint density at radius 3 is 2.30 bits per heavy atom. The molecule has 1 saturated carbocycles. The number of rotatable bonds is 7. The quantitative estimate of drug-likeness (QED) is 0.732. The summed E-state index contributed by atoms with van der Waals surface area (Å²) >= 11 is 0. The van der Waals surface area contributed by atoms with E-state index < -0.39 is 16.0 Å². The van der Waals surface area contributed by atoms with Crippen molar-refractivity contribution >= 4 is 27.6 Å². The monoisotopic (exact) mass is 388 g/mol. The zero-order valence-electron chi connectivity index (χ0n) is 14.8. The van der Waals surface area contributed by atoms with Crippen LogP contribution in [0.1, 0.15) is 23.2 Å². The van der Waals surface area contributed by atoms with Crippen molar-refractivity contribution in [2.24, 2.45) is 0 Å². The molecule has 27 heavy (non-hydrogen) atoms. The van der Waals surface area contributed by atoms with Crippen molar-refractivity contribution in [3.63, 3.8) is 0 Å². The largest absolute Gasteiger partial charge is 0.452 e. The number of ether oxygens (including phenoxy) is 1. The fourth-order valence-electron chi connectivity index (χ4n) is 2.41. The Bertz CT molecular complexity index is 922. The molecule has 0 radical (unpaired) electrons. The summed E-state index contributed by atoms with van der Waals surface area (Å²) < 4.78 is 31.5. The Morgan fingerprint density at radius 1 is 1.07 bits per heavy atom. The lowest BCUT2D eigenvalue weighted by molar-refractivity contribution is -0.124. The summed E-state index contributed by atoms with van der Waals surface area (Å²) in [5, 5.41) is 2.72. The van der Waals surface area contributed by atoms with Crippen LogP contribution in [0.25, 0.3) is 0 Å². The standard InChI is InChI=1S/C19H20N2O5S/c1-21(16-5-3-2-4-6-16)27(24,25)17-11-7-14(8-12-17)19(23)26-13-18(22)20-15-9-10-15/h2-8,11-12,15H,9-10,13H2,1H3,(H,20,22). The topological polar surface area (TPSA) is 92.8 Å². The van der Waals surface area contributed by atoms with Crippen molar-refractivity contribution in [1.82, 2.24) is 5.32 Å². The van der Waals surface area contributed by atoms with Crippen LogP contribution in [-0.4, -0.2) is 40.0 Å². The lowest BCUT2D eigenvalue weighted by atomic mass is 10.2. The van der Waals surface area contributed by atoms with Gasteiger partial charge < -0.3 is 10.1 Å². The second-order valence-corrected chi connectivity index (χ2v) is 8.22. The summed E-state index contributed by atoms with van der Waals surface area (Å²) in [5.74, 6) is -1.02. The number of para-hydroxylation sites is 1. The molecule has 0 aromatic heterocycles. The number of hydrogen-bond donors (Lipinski definition) is 1. The molecule has 0 aliphatic heterocycles. The smallest absolute Gasteiger partial charge is 0.338 e. The molecule has 0 spiro atoms. The molecule has 2 aromatic carbocycles. The number of sulfonamides is 1. The first-order valence-electron chi connectivity index (χ1n) is 8.48. The van der Waals surface area contributed by atoms with Crippen LogP contribution in [0, 0.1) is 0 Å². The maximum atomic E-state index is 12.7. The molecule has 1 fully saturated rings. The van der Waals surface area contributed by atoms with Gasteiger partial charge in [-0.1, -0.05) is 18.2 Å².